The van der Waals surface area contributed by atoms with Crippen LogP contribution in [-0.4, -0.2) is 59.7 Å². The van der Waals surface area contributed by atoms with Gasteiger partial charge in [0.2, 0.25) is 11.6 Å². The number of anilines is 1. The average molecular weight is 614 g/mol. The molecule has 3 atom stereocenters. The lowest BCUT2D eigenvalue weighted by Crippen LogP contribution is -2.45. The van der Waals surface area contributed by atoms with Crippen molar-refractivity contribution < 1.29 is 27.6 Å². The van der Waals surface area contributed by atoms with E-state index in [1.165, 1.54) is 18.2 Å². The number of halogens is 2. The number of amides is 1. The van der Waals surface area contributed by atoms with Crippen molar-refractivity contribution >= 4 is 39.4 Å². The third-order valence-corrected chi connectivity index (χ3v) is 8.04. The summed E-state index contributed by atoms with van der Waals surface area (Å²) in [7, 11) is 0. The van der Waals surface area contributed by atoms with Gasteiger partial charge in [0.1, 0.15) is 11.4 Å². The quantitative estimate of drug-likeness (QED) is 0.393. The van der Waals surface area contributed by atoms with E-state index in [1.807, 2.05) is 0 Å². The number of carbonyl (C=O) groups is 1. The van der Waals surface area contributed by atoms with E-state index in [2.05, 4.69) is 41.4 Å². The number of aromatic nitrogens is 4. The highest BCUT2D eigenvalue weighted by atomic mass is 79.9. The zero-order valence-corrected chi connectivity index (χ0v) is 23.0. The first-order valence-electron chi connectivity index (χ1n) is 11.8. The number of hydrogen-bond acceptors (Lipinski definition) is 11. The maximum Gasteiger partial charge on any atom is 0.451 e. The van der Waals surface area contributed by atoms with Crippen LogP contribution >= 0.6 is 15.9 Å². The van der Waals surface area contributed by atoms with Crippen molar-refractivity contribution in [3.05, 3.63) is 39.0 Å². The smallest absolute Gasteiger partial charge is 0.451 e. The molecular weight excluding hydrogens is 589 g/mol. The fourth-order valence-electron chi connectivity index (χ4n) is 4.82. The van der Waals surface area contributed by atoms with Crippen LogP contribution in [0.15, 0.2) is 36.6 Å². The van der Waals surface area contributed by atoms with E-state index in [9.17, 15) is 18.5 Å². The lowest BCUT2D eigenvalue weighted by atomic mass is 10.0. The van der Waals surface area contributed by atoms with E-state index in [0.29, 0.717) is 18.8 Å². The number of ether oxygens (including phenoxy) is 1. The lowest BCUT2D eigenvalue weighted by molar-refractivity contribution is 0.0567. The summed E-state index contributed by atoms with van der Waals surface area (Å²) in [6, 6.07) is 4.05. The molecule has 2 N–H and O–H groups in total. The molecule has 3 heterocycles. The Morgan fingerprint density at radius 3 is 2.61 bits per heavy atom. The summed E-state index contributed by atoms with van der Waals surface area (Å²) < 4.78 is 46.7. The van der Waals surface area contributed by atoms with Crippen molar-refractivity contribution in [1.29, 1.82) is 0 Å². The highest BCUT2D eigenvalue weighted by Crippen LogP contribution is 2.40. The van der Waals surface area contributed by atoms with Gasteiger partial charge in [-0.1, -0.05) is 5.16 Å². The van der Waals surface area contributed by atoms with E-state index < -0.39 is 34.8 Å². The van der Waals surface area contributed by atoms with Gasteiger partial charge in [-0.05, 0) is 89.9 Å². The molecule has 0 spiro atoms. The summed E-state index contributed by atoms with van der Waals surface area (Å²) in [5.41, 5.74) is -0.200. The van der Waals surface area contributed by atoms with E-state index in [1.54, 1.807) is 25.1 Å². The minimum atomic E-state index is -1.69. The zero-order chi connectivity index (χ0) is 27.2. The van der Waals surface area contributed by atoms with Gasteiger partial charge < -0.3 is 14.6 Å². The molecule has 38 heavy (non-hydrogen) atoms. The first-order chi connectivity index (χ1) is 18.0. The fourth-order valence-corrected chi connectivity index (χ4v) is 6.15. The number of nitrogens with zero attached hydrogens (tertiary/aromatic N) is 5. The second kappa shape index (κ2) is 10.3. The van der Waals surface area contributed by atoms with Gasteiger partial charge in [0, 0.05) is 6.04 Å². The van der Waals surface area contributed by atoms with Gasteiger partial charge >= 0.3 is 11.8 Å². The third kappa shape index (κ3) is 5.57. The largest absolute Gasteiger partial charge is 0.573 e. The molecule has 1 aromatic carbocycles. The van der Waals surface area contributed by atoms with Crippen LogP contribution in [0, 0.1) is 17.7 Å². The predicted octanol–water partition coefficient (Wildman–Crippen LogP) is 3.00. The van der Waals surface area contributed by atoms with Crippen LogP contribution in [0.2, 0.25) is 0 Å². The summed E-state index contributed by atoms with van der Waals surface area (Å²) in [6.45, 7) is 6.32. The summed E-state index contributed by atoms with van der Waals surface area (Å²) in [5.74, 6) is -0.435. The average Bonchev–Trinajstić information content (AvgIpc) is 3.58. The Morgan fingerprint density at radius 2 is 1.95 bits per heavy atom. The number of rotatable bonds is 6. The van der Waals surface area contributed by atoms with Crippen LogP contribution in [0.5, 0.6) is 0 Å². The molecule has 0 radical (unpaired) electrons. The van der Waals surface area contributed by atoms with Crippen LogP contribution in [0.25, 0.3) is 17.2 Å². The van der Waals surface area contributed by atoms with E-state index >= 15 is 0 Å². The Morgan fingerprint density at radius 1 is 1.24 bits per heavy atom. The summed E-state index contributed by atoms with van der Waals surface area (Å²) in [4.78, 5) is 24.4. The molecule has 2 aromatic heterocycles. The lowest BCUT2D eigenvalue weighted by Gasteiger charge is -2.23. The van der Waals surface area contributed by atoms with Crippen molar-refractivity contribution in [2.24, 2.45) is 11.8 Å². The SMILES string of the molecule is CC(C)(C)OC(=O)N[S+]([O-])N1CC2CC(Nc3nonc3-c3noc(=O)n3-c3ccc(F)c(Br)c3)CC2C1. The molecule has 2 fully saturated rings. The second-order valence-corrected chi connectivity index (χ2v) is 12.3. The number of hydrogen-bond donors (Lipinski definition) is 2. The van der Waals surface area contributed by atoms with Crippen molar-refractivity contribution in [3.63, 3.8) is 0 Å². The Kier molecular flexibility index (Phi) is 7.23. The van der Waals surface area contributed by atoms with Crippen molar-refractivity contribution in [2.45, 2.75) is 45.3 Å². The normalized spacial score (nSPS) is 22.3. The third-order valence-electron chi connectivity index (χ3n) is 6.33. The summed E-state index contributed by atoms with van der Waals surface area (Å²) >= 11 is 1.42. The van der Waals surface area contributed by atoms with Gasteiger partial charge in [-0.3, -0.25) is 4.52 Å². The summed E-state index contributed by atoms with van der Waals surface area (Å²) in [6.07, 6.45) is 0.791. The number of benzene rings is 1. The Hall–Kier alpha value is -2.95. The Balaban J connectivity index is 1.24. The fraction of sp³-hybridized carbons (Fsp3) is 0.500. The minimum Gasteiger partial charge on any atom is -0.573 e. The van der Waals surface area contributed by atoms with Gasteiger partial charge in [0.05, 0.1) is 23.2 Å². The standard InChI is InChI=1S/C22H25BrFN7O6S/c1-22(2,3)35-20(32)29-38(34)30-9-11-6-13(7-12(11)10-30)25-18-17(26-37-27-18)19-28-36-21(33)31(19)14-4-5-16(24)15(23)8-14/h4-5,8,11-13H,6-7,9-10H2,1-3H3,(H,25,27)(H,29,32). The van der Waals surface area contributed by atoms with Crippen LogP contribution in [0.1, 0.15) is 33.6 Å². The van der Waals surface area contributed by atoms with E-state index in [-0.39, 0.29) is 39.7 Å². The van der Waals surface area contributed by atoms with Crippen molar-refractivity contribution in [3.8, 4) is 17.2 Å². The van der Waals surface area contributed by atoms with Crippen LogP contribution in [0.4, 0.5) is 15.0 Å². The molecule has 1 aliphatic carbocycles. The van der Waals surface area contributed by atoms with Gasteiger partial charge in [0.25, 0.3) is 0 Å². The number of carbonyl (C=O) groups excluding carboxylic acids is 1. The van der Waals surface area contributed by atoms with Crippen LogP contribution < -0.4 is 15.8 Å². The maximum atomic E-state index is 13.7. The highest BCUT2D eigenvalue weighted by molar-refractivity contribution is 9.10. The number of nitrogens with one attached hydrogen (secondary N) is 2. The molecule has 13 nitrogen and oxygen atoms in total. The van der Waals surface area contributed by atoms with Gasteiger partial charge in [0.15, 0.2) is 17.2 Å². The molecule has 1 saturated heterocycles. The molecule has 3 aromatic rings. The van der Waals surface area contributed by atoms with Gasteiger partial charge in [-0.15, -0.1) is 9.03 Å². The molecule has 5 rings (SSSR count). The first-order valence-corrected chi connectivity index (χ1v) is 13.7. The second-order valence-electron chi connectivity index (χ2n) is 10.2. The molecule has 16 heteroatoms. The molecule has 0 bridgehead atoms. The minimum absolute atomic E-state index is 0.0112. The van der Waals surface area contributed by atoms with Gasteiger partial charge in [-0.25, -0.2) is 23.2 Å². The number of fused-ring (bicyclic) bond motifs is 1. The van der Waals surface area contributed by atoms with Crippen LogP contribution in [0.3, 0.4) is 0 Å². The predicted molar refractivity (Wildman–Crippen MR) is 136 cm³/mol. The molecule has 204 valence electrons. The van der Waals surface area contributed by atoms with Crippen molar-refractivity contribution in [1.82, 2.24) is 29.1 Å². The maximum absolute atomic E-state index is 13.7. The molecule has 1 aliphatic heterocycles. The van der Waals surface area contributed by atoms with E-state index in [0.717, 1.165) is 17.4 Å². The Bertz CT molecular complexity index is 1380. The molecule has 1 amide bonds. The molecular formula is C22H25BrFN7O6S. The topological polar surface area (TPSA) is 164 Å². The monoisotopic (exact) mass is 613 g/mol. The Labute approximate surface area is 227 Å². The van der Waals surface area contributed by atoms with Crippen molar-refractivity contribution in [2.75, 3.05) is 18.4 Å². The molecule has 2 aliphatic rings. The highest BCUT2D eigenvalue weighted by Gasteiger charge is 2.46. The molecule has 3 unspecified atom stereocenters. The first kappa shape index (κ1) is 26.6. The van der Waals surface area contributed by atoms with Crippen LogP contribution in [-0.2, 0) is 16.3 Å². The zero-order valence-electron chi connectivity index (χ0n) is 20.6. The van der Waals surface area contributed by atoms with E-state index in [4.69, 9.17) is 13.9 Å². The molecule has 1 saturated carbocycles. The summed E-state index contributed by atoms with van der Waals surface area (Å²) in [5, 5.41) is 15.0. The van der Waals surface area contributed by atoms with Gasteiger partial charge in [-0.2, -0.15) is 0 Å².